The van der Waals surface area contributed by atoms with Gasteiger partial charge in [-0.05, 0) is 82.8 Å². The Balaban J connectivity index is 1.45. The Hall–Kier alpha value is -3.21. The average molecular weight is 504 g/mol. The molecule has 1 heterocycles. The molecule has 37 heavy (non-hydrogen) atoms. The first-order valence-corrected chi connectivity index (χ1v) is 13.9. The molecule has 1 aliphatic carbocycles. The molecular formula is C32H45N3O2. The second-order valence-corrected chi connectivity index (χ2v) is 9.43. The van der Waals surface area contributed by atoms with Crippen LogP contribution in [0.15, 0.2) is 85.3 Å². The fourth-order valence-corrected chi connectivity index (χ4v) is 4.20. The minimum Gasteiger partial charge on any atom is -0.353 e. The lowest BCUT2D eigenvalue weighted by atomic mass is 9.91. The summed E-state index contributed by atoms with van der Waals surface area (Å²) in [5, 5.41) is 6.25. The van der Waals surface area contributed by atoms with Gasteiger partial charge >= 0.3 is 0 Å². The fourth-order valence-electron chi connectivity index (χ4n) is 4.20. The van der Waals surface area contributed by atoms with Crippen molar-refractivity contribution in [3.8, 4) is 0 Å². The van der Waals surface area contributed by atoms with E-state index >= 15 is 0 Å². The topological polar surface area (TPSA) is 71.1 Å². The maximum Gasteiger partial charge on any atom is 0.253 e. The number of hydrogen-bond donors (Lipinski definition) is 2. The van der Waals surface area contributed by atoms with E-state index in [4.69, 9.17) is 0 Å². The zero-order valence-corrected chi connectivity index (χ0v) is 22.5. The summed E-state index contributed by atoms with van der Waals surface area (Å²) in [7, 11) is 0. The normalized spacial score (nSPS) is 18.5. The summed E-state index contributed by atoms with van der Waals surface area (Å²) in [6.07, 6.45) is 36.1. The number of nitrogens with zero attached hydrogens (tertiary/aromatic N) is 1. The van der Waals surface area contributed by atoms with Crippen LogP contribution in [0.3, 0.4) is 0 Å². The van der Waals surface area contributed by atoms with Crippen LogP contribution in [0.4, 0.5) is 0 Å². The van der Waals surface area contributed by atoms with E-state index in [0.29, 0.717) is 12.0 Å². The second kappa shape index (κ2) is 19.9. The molecule has 5 heteroatoms. The molecule has 2 amide bonds. The third-order valence-electron chi connectivity index (χ3n) is 6.28. The van der Waals surface area contributed by atoms with Gasteiger partial charge in [-0.15, -0.1) is 0 Å². The molecule has 1 aromatic rings. The summed E-state index contributed by atoms with van der Waals surface area (Å²) in [6, 6.07) is 3.92. The quantitative estimate of drug-likeness (QED) is 0.186. The first kappa shape index (κ1) is 30.0. The number of pyridine rings is 1. The lowest BCUT2D eigenvalue weighted by molar-refractivity contribution is -0.122. The SMILES string of the molecule is CCC=CCC=CCC=CCC=CCC=CCCCC(=O)NC1CCC(NC(=O)c2cccnc2)CC1. The molecule has 1 saturated carbocycles. The van der Waals surface area contributed by atoms with Crippen LogP contribution >= 0.6 is 0 Å². The minimum atomic E-state index is -0.0735. The van der Waals surface area contributed by atoms with Crippen LogP contribution in [0.5, 0.6) is 0 Å². The molecule has 1 aliphatic rings. The van der Waals surface area contributed by atoms with Gasteiger partial charge in [-0.1, -0.05) is 67.7 Å². The molecule has 5 nitrogen and oxygen atoms in total. The number of carbonyl (C=O) groups is 2. The molecule has 2 N–H and O–H groups in total. The van der Waals surface area contributed by atoms with Gasteiger partial charge in [0.1, 0.15) is 0 Å². The van der Waals surface area contributed by atoms with Crippen LogP contribution in [-0.4, -0.2) is 28.9 Å². The van der Waals surface area contributed by atoms with Gasteiger partial charge in [0.25, 0.3) is 5.91 Å². The zero-order chi connectivity index (χ0) is 26.4. The largest absolute Gasteiger partial charge is 0.353 e. The molecule has 0 radical (unpaired) electrons. The summed E-state index contributed by atoms with van der Waals surface area (Å²) in [4.78, 5) is 28.5. The van der Waals surface area contributed by atoms with Crippen molar-refractivity contribution in [2.45, 2.75) is 96.1 Å². The highest BCUT2D eigenvalue weighted by Crippen LogP contribution is 2.19. The molecule has 200 valence electrons. The summed E-state index contributed by atoms with van der Waals surface area (Å²) >= 11 is 0. The van der Waals surface area contributed by atoms with Crippen LogP contribution in [0.2, 0.25) is 0 Å². The molecule has 0 bridgehead atoms. The first-order valence-electron chi connectivity index (χ1n) is 13.9. The highest BCUT2D eigenvalue weighted by molar-refractivity contribution is 5.94. The summed E-state index contributed by atoms with van der Waals surface area (Å²) < 4.78 is 0. The van der Waals surface area contributed by atoms with E-state index in [2.05, 4.69) is 83.3 Å². The maximum absolute atomic E-state index is 12.3. The monoisotopic (exact) mass is 503 g/mol. The fraction of sp³-hybridized carbons (Fsp3) is 0.469. The predicted molar refractivity (Wildman–Crippen MR) is 154 cm³/mol. The standard InChI is InChI=1S/C32H45N3O2/c1-2-3-4-5-6-7-8-9-10-11-12-13-14-15-16-17-18-21-31(36)34-29-22-24-30(25-23-29)35-32(37)28-20-19-26-33-27-28/h3-4,6-7,9-10,12-13,15-16,19-20,26-27,29-30H,2,5,8,11,14,17-18,21-25H2,1H3,(H,34,36)(H,35,37). The Kier molecular flexibility index (Phi) is 16.2. The van der Waals surface area contributed by atoms with E-state index in [1.54, 1.807) is 24.5 Å². The number of rotatable bonds is 16. The van der Waals surface area contributed by atoms with Gasteiger partial charge in [0, 0.05) is 30.9 Å². The third kappa shape index (κ3) is 14.8. The Morgan fingerprint density at radius 3 is 1.89 bits per heavy atom. The van der Waals surface area contributed by atoms with Crippen LogP contribution in [0, 0.1) is 0 Å². The molecule has 0 atom stereocenters. The molecule has 0 unspecified atom stereocenters. The van der Waals surface area contributed by atoms with Crippen molar-refractivity contribution in [2.75, 3.05) is 0 Å². The Morgan fingerprint density at radius 1 is 0.811 bits per heavy atom. The molecule has 1 fully saturated rings. The number of allylic oxidation sites excluding steroid dienone is 10. The zero-order valence-electron chi connectivity index (χ0n) is 22.5. The molecule has 0 aromatic carbocycles. The molecule has 1 aromatic heterocycles. The molecule has 0 aliphatic heterocycles. The second-order valence-electron chi connectivity index (χ2n) is 9.43. The van der Waals surface area contributed by atoms with Gasteiger partial charge < -0.3 is 10.6 Å². The Labute approximate surface area is 223 Å². The van der Waals surface area contributed by atoms with E-state index in [1.165, 1.54) is 0 Å². The summed E-state index contributed by atoms with van der Waals surface area (Å²) in [6.45, 7) is 2.15. The van der Waals surface area contributed by atoms with Crippen LogP contribution in [0.25, 0.3) is 0 Å². The highest BCUT2D eigenvalue weighted by Gasteiger charge is 2.23. The van der Waals surface area contributed by atoms with Gasteiger partial charge in [-0.3, -0.25) is 14.6 Å². The van der Waals surface area contributed by atoms with Gasteiger partial charge in [0.05, 0.1) is 5.56 Å². The van der Waals surface area contributed by atoms with Crippen molar-refractivity contribution in [3.05, 3.63) is 90.9 Å². The van der Waals surface area contributed by atoms with Gasteiger partial charge in [0.2, 0.25) is 5.91 Å². The van der Waals surface area contributed by atoms with Crippen molar-refractivity contribution < 1.29 is 9.59 Å². The van der Waals surface area contributed by atoms with Gasteiger partial charge in [-0.25, -0.2) is 0 Å². The lowest BCUT2D eigenvalue weighted by Gasteiger charge is -2.29. The maximum atomic E-state index is 12.3. The van der Waals surface area contributed by atoms with Gasteiger partial charge in [-0.2, -0.15) is 0 Å². The average Bonchev–Trinajstić information content (AvgIpc) is 2.92. The smallest absolute Gasteiger partial charge is 0.253 e. The molecule has 0 saturated heterocycles. The number of carbonyl (C=O) groups excluding carboxylic acids is 2. The van der Waals surface area contributed by atoms with Gasteiger partial charge in [0.15, 0.2) is 0 Å². The van der Waals surface area contributed by atoms with Crippen molar-refractivity contribution in [3.63, 3.8) is 0 Å². The number of aromatic nitrogens is 1. The van der Waals surface area contributed by atoms with E-state index in [9.17, 15) is 9.59 Å². The molecule has 0 spiro atoms. The van der Waals surface area contributed by atoms with Crippen molar-refractivity contribution >= 4 is 11.8 Å². The minimum absolute atomic E-state index is 0.0735. The van der Waals surface area contributed by atoms with E-state index in [0.717, 1.165) is 70.6 Å². The summed E-state index contributed by atoms with van der Waals surface area (Å²) in [5.74, 6) is 0.0610. The number of hydrogen-bond acceptors (Lipinski definition) is 3. The van der Waals surface area contributed by atoms with Crippen molar-refractivity contribution in [2.24, 2.45) is 0 Å². The van der Waals surface area contributed by atoms with Crippen LogP contribution < -0.4 is 10.6 Å². The number of unbranched alkanes of at least 4 members (excludes halogenated alkanes) is 1. The Morgan fingerprint density at radius 2 is 1.35 bits per heavy atom. The highest BCUT2D eigenvalue weighted by atomic mass is 16.2. The van der Waals surface area contributed by atoms with E-state index in [1.807, 2.05) is 0 Å². The number of nitrogens with one attached hydrogen (secondary N) is 2. The van der Waals surface area contributed by atoms with Crippen LogP contribution in [-0.2, 0) is 4.79 Å². The van der Waals surface area contributed by atoms with Crippen molar-refractivity contribution in [1.29, 1.82) is 0 Å². The Bertz CT molecular complexity index is 907. The summed E-state index contributed by atoms with van der Waals surface area (Å²) in [5.41, 5.74) is 0.588. The van der Waals surface area contributed by atoms with Crippen molar-refractivity contribution in [1.82, 2.24) is 15.6 Å². The predicted octanol–water partition coefficient (Wildman–Crippen LogP) is 7.16. The lowest BCUT2D eigenvalue weighted by Crippen LogP contribution is -2.43. The first-order chi connectivity index (χ1) is 18.2. The molecular weight excluding hydrogens is 458 g/mol. The molecule has 2 rings (SSSR count). The number of amides is 2. The third-order valence-corrected chi connectivity index (χ3v) is 6.28. The van der Waals surface area contributed by atoms with E-state index < -0.39 is 0 Å². The van der Waals surface area contributed by atoms with Crippen LogP contribution in [0.1, 0.15) is 94.3 Å². The van der Waals surface area contributed by atoms with E-state index in [-0.39, 0.29) is 23.9 Å².